The summed E-state index contributed by atoms with van der Waals surface area (Å²) in [5.41, 5.74) is 7.83. The van der Waals surface area contributed by atoms with Gasteiger partial charge in [-0.15, -0.1) is 0 Å². The van der Waals surface area contributed by atoms with Gasteiger partial charge in [-0.1, -0.05) is 43.3 Å². The smallest absolute Gasteiger partial charge is 0.335 e. The number of ether oxygens (including phenoxy) is 1. The lowest BCUT2D eigenvalue weighted by molar-refractivity contribution is -0.142. The second-order valence-corrected chi connectivity index (χ2v) is 12.0. The summed E-state index contributed by atoms with van der Waals surface area (Å²) in [6.45, 7) is 4.36. The molecule has 4 aliphatic carbocycles. The molecular weight excluding hydrogens is 476 g/mol. The van der Waals surface area contributed by atoms with E-state index in [9.17, 15) is 14.7 Å². The van der Waals surface area contributed by atoms with Crippen LogP contribution in [0, 0.1) is 17.8 Å². The molecule has 0 aliphatic heterocycles. The third kappa shape index (κ3) is 5.58. The lowest BCUT2D eigenvalue weighted by Crippen LogP contribution is -2.49. The van der Waals surface area contributed by atoms with Crippen LogP contribution in [-0.2, 0) is 27.8 Å². The Kier molecular flexibility index (Phi) is 7.76. The maximum absolute atomic E-state index is 11.6. The van der Waals surface area contributed by atoms with Crippen molar-refractivity contribution in [1.82, 2.24) is 0 Å². The second-order valence-electron chi connectivity index (χ2n) is 12.0. The van der Waals surface area contributed by atoms with Gasteiger partial charge in [-0.25, -0.2) is 9.59 Å². The summed E-state index contributed by atoms with van der Waals surface area (Å²) in [5, 5.41) is 18.4. The minimum atomic E-state index is -0.922. The average molecular weight is 517 g/mol. The average Bonchev–Trinajstić information content (AvgIpc) is 2.87. The van der Waals surface area contributed by atoms with Gasteiger partial charge in [0.15, 0.2) is 0 Å². The zero-order valence-corrected chi connectivity index (χ0v) is 22.7. The van der Waals surface area contributed by atoms with E-state index in [0.717, 1.165) is 41.7 Å². The normalized spacial score (nSPS) is 26.1. The number of benzene rings is 2. The van der Waals surface area contributed by atoms with Crippen molar-refractivity contribution in [1.29, 1.82) is 0 Å². The van der Waals surface area contributed by atoms with Crippen LogP contribution in [0.3, 0.4) is 0 Å². The quantitative estimate of drug-likeness (QED) is 0.248. The van der Waals surface area contributed by atoms with E-state index in [-0.39, 0.29) is 12.0 Å². The summed E-state index contributed by atoms with van der Waals surface area (Å²) in [6.07, 6.45) is 12.7. The van der Waals surface area contributed by atoms with E-state index in [0.29, 0.717) is 18.6 Å². The Labute approximate surface area is 225 Å². The van der Waals surface area contributed by atoms with Gasteiger partial charge < -0.3 is 14.9 Å². The number of rotatable bonds is 11. The first-order valence-corrected chi connectivity index (χ1v) is 14.2. The minimum Gasteiger partial charge on any atom is -0.480 e. The zero-order chi connectivity index (χ0) is 26.9. The Hall–Kier alpha value is -2.92. The molecule has 38 heavy (non-hydrogen) atoms. The van der Waals surface area contributed by atoms with Crippen molar-refractivity contribution in [2.75, 3.05) is 13.2 Å². The van der Waals surface area contributed by atoms with Crippen LogP contribution in [0.15, 0.2) is 36.4 Å². The van der Waals surface area contributed by atoms with Crippen LogP contribution < -0.4 is 0 Å². The number of hydrogen-bond donors (Lipinski definition) is 2. The lowest BCUT2D eigenvalue weighted by Gasteiger charge is -2.57. The van der Waals surface area contributed by atoms with Crippen molar-refractivity contribution < 1.29 is 24.5 Å². The van der Waals surface area contributed by atoms with Gasteiger partial charge in [0, 0.05) is 6.61 Å². The Balaban J connectivity index is 1.45. The Bertz CT molecular complexity index is 1200. The standard InChI is InChI=1S/C33H40O5/c1-3-26-15-22(6-9-29(26)32(36)37)11-21(2)28-8-7-27(5-4-10-38-20-31(34)35)30(16-28)33-17-23-12-24(18-33)14-25(13-23)19-33/h6-9,11,15-16,23-25H,3-5,10,12-14,17-20H2,1-2H3,(H,34,35)(H,36,37)/b21-11+. The third-order valence-corrected chi connectivity index (χ3v) is 9.26. The first-order chi connectivity index (χ1) is 18.3. The maximum atomic E-state index is 11.6. The second kappa shape index (κ2) is 11.1. The van der Waals surface area contributed by atoms with Crippen LogP contribution in [0.4, 0.5) is 0 Å². The van der Waals surface area contributed by atoms with Crippen LogP contribution in [0.5, 0.6) is 0 Å². The van der Waals surface area contributed by atoms with E-state index >= 15 is 0 Å². The molecule has 2 aromatic carbocycles. The van der Waals surface area contributed by atoms with Crippen molar-refractivity contribution in [2.45, 2.75) is 77.0 Å². The molecule has 2 aromatic rings. The largest absolute Gasteiger partial charge is 0.480 e. The van der Waals surface area contributed by atoms with Crippen LogP contribution >= 0.6 is 0 Å². The fraction of sp³-hybridized carbons (Fsp3) is 0.515. The van der Waals surface area contributed by atoms with E-state index in [1.54, 1.807) is 6.07 Å². The van der Waals surface area contributed by atoms with Crippen molar-refractivity contribution in [3.05, 3.63) is 69.8 Å². The van der Waals surface area contributed by atoms with Gasteiger partial charge in [0.05, 0.1) is 5.56 Å². The summed E-state index contributed by atoms with van der Waals surface area (Å²) in [7, 11) is 0. The summed E-state index contributed by atoms with van der Waals surface area (Å²) in [5.74, 6) is 0.767. The predicted octanol–water partition coefficient (Wildman–Crippen LogP) is 7.01. The van der Waals surface area contributed by atoms with E-state index in [2.05, 4.69) is 31.2 Å². The summed E-state index contributed by atoms with van der Waals surface area (Å²) in [4.78, 5) is 22.4. The summed E-state index contributed by atoms with van der Waals surface area (Å²) in [6, 6.07) is 12.6. The molecule has 4 saturated carbocycles. The number of allylic oxidation sites excluding steroid dienone is 1. The van der Waals surface area contributed by atoms with Crippen LogP contribution in [0.1, 0.15) is 97.0 Å². The van der Waals surface area contributed by atoms with Crippen molar-refractivity contribution in [3.8, 4) is 0 Å². The van der Waals surface area contributed by atoms with Gasteiger partial charge in [-0.3, -0.25) is 0 Å². The summed E-state index contributed by atoms with van der Waals surface area (Å²) >= 11 is 0. The molecule has 5 heteroatoms. The summed E-state index contributed by atoms with van der Waals surface area (Å²) < 4.78 is 5.33. The van der Waals surface area contributed by atoms with Gasteiger partial charge in [-0.2, -0.15) is 0 Å². The highest BCUT2D eigenvalue weighted by molar-refractivity contribution is 5.90. The van der Waals surface area contributed by atoms with E-state index in [1.165, 1.54) is 60.8 Å². The Morgan fingerprint density at radius 1 is 0.974 bits per heavy atom. The molecule has 0 radical (unpaired) electrons. The topological polar surface area (TPSA) is 83.8 Å². The van der Waals surface area contributed by atoms with Crippen LogP contribution in [0.2, 0.25) is 0 Å². The monoisotopic (exact) mass is 516 g/mol. The SMILES string of the molecule is CCc1cc(/C=C(\C)c2ccc(CCCOCC(=O)O)c(C34CC5CC(CC(C5)C3)C4)c2)ccc1C(=O)O. The molecule has 0 spiro atoms. The van der Waals surface area contributed by atoms with Gasteiger partial charge in [0.2, 0.25) is 0 Å². The molecule has 5 nitrogen and oxygen atoms in total. The molecule has 0 amide bonds. The molecule has 4 fully saturated rings. The molecule has 0 aromatic heterocycles. The first-order valence-electron chi connectivity index (χ1n) is 14.2. The number of aliphatic carboxylic acids is 1. The number of hydrogen-bond acceptors (Lipinski definition) is 3. The van der Waals surface area contributed by atoms with Crippen molar-refractivity contribution >= 4 is 23.6 Å². The molecule has 0 unspecified atom stereocenters. The number of carboxylic acid groups (broad SMARTS) is 2. The Morgan fingerprint density at radius 2 is 1.66 bits per heavy atom. The number of aryl methyl sites for hydroxylation is 2. The highest BCUT2D eigenvalue weighted by Crippen LogP contribution is 2.61. The molecule has 2 N–H and O–H groups in total. The Morgan fingerprint density at radius 3 is 2.26 bits per heavy atom. The van der Waals surface area contributed by atoms with Crippen LogP contribution in [0.25, 0.3) is 11.6 Å². The molecule has 0 atom stereocenters. The van der Waals surface area contributed by atoms with Gasteiger partial charge in [-0.05, 0) is 127 Å². The molecule has 0 saturated heterocycles. The number of aromatic carboxylic acids is 1. The molecule has 202 valence electrons. The van der Waals surface area contributed by atoms with Crippen LogP contribution in [-0.4, -0.2) is 35.4 Å². The van der Waals surface area contributed by atoms with Crippen molar-refractivity contribution in [3.63, 3.8) is 0 Å². The molecular formula is C33H40O5. The molecule has 0 heterocycles. The lowest BCUT2D eigenvalue weighted by atomic mass is 9.47. The van der Waals surface area contributed by atoms with Crippen molar-refractivity contribution in [2.24, 2.45) is 17.8 Å². The first kappa shape index (κ1) is 26.7. The minimum absolute atomic E-state index is 0.238. The van der Waals surface area contributed by atoms with Gasteiger partial charge in [0.25, 0.3) is 0 Å². The van der Waals surface area contributed by atoms with Gasteiger partial charge in [0.1, 0.15) is 6.61 Å². The molecule has 4 aliphatic rings. The zero-order valence-electron chi connectivity index (χ0n) is 22.7. The van der Waals surface area contributed by atoms with E-state index in [4.69, 9.17) is 9.84 Å². The highest BCUT2D eigenvalue weighted by atomic mass is 16.5. The number of carboxylic acids is 2. The maximum Gasteiger partial charge on any atom is 0.335 e. The van der Waals surface area contributed by atoms with Gasteiger partial charge >= 0.3 is 11.9 Å². The fourth-order valence-electron chi connectivity index (χ4n) is 8.04. The van der Waals surface area contributed by atoms with E-state index < -0.39 is 11.9 Å². The molecule has 4 bridgehead atoms. The number of carbonyl (C=O) groups is 2. The van der Waals surface area contributed by atoms with E-state index in [1.807, 2.05) is 19.1 Å². The third-order valence-electron chi connectivity index (χ3n) is 9.26. The highest BCUT2D eigenvalue weighted by Gasteiger charge is 2.52. The predicted molar refractivity (Wildman–Crippen MR) is 149 cm³/mol. The molecule has 6 rings (SSSR count). The fourth-order valence-corrected chi connectivity index (χ4v) is 8.04.